The van der Waals surface area contributed by atoms with E-state index in [1.54, 1.807) is 0 Å². The first kappa shape index (κ1) is 28.1. The summed E-state index contributed by atoms with van der Waals surface area (Å²) in [4.78, 5) is 8.69. The summed E-state index contributed by atoms with van der Waals surface area (Å²) < 4.78 is 8.47. The molecule has 0 bridgehead atoms. The molecule has 6 aromatic rings. The maximum atomic E-state index is 6.18. The highest BCUT2D eigenvalue weighted by atomic mass is 35.5. The van der Waals surface area contributed by atoms with Gasteiger partial charge in [-0.15, -0.1) is 12.4 Å². The molecule has 0 radical (unpaired) electrons. The van der Waals surface area contributed by atoms with Crippen molar-refractivity contribution in [3.63, 3.8) is 0 Å². The summed E-state index contributed by atoms with van der Waals surface area (Å²) in [5, 5.41) is 6.04. The fourth-order valence-electron chi connectivity index (χ4n) is 6.05. The lowest BCUT2D eigenvalue weighted by molar-refractivity contribution is 0.322. The van der Waals surface area contributed by atoms with E-state index in [-0.39, 0.29) is 12.4 Å². The summed E-state index contributed by atoms with van der Waals surface area (Å²) in [7, 11) is 0. The number of aromatic nitrogens is 3. The summed E-state index contributed by atoms with van der Waals surface area (Å²) in [6.45, 7) is 4.85. The van der Waals surface area contributed by atoms with Crippen molar-refractivity contribution in [2.24, 2.45) is 0 Å². The summed E-state index contributed by atoms with van der Waals surface area (Å²) in [5.41, 5.74) is 9.82. The largest absolute Gasteiger partial charge is 0.493 e. The van der Waals surface area contributed by atoms with Crippen LogP contribution in [-0.2, 0) is 25.8 Å². The third-order valence-corrected chi connectivity index (χ3v) is 8.31. The average molecular weight is 577 g/mol. The van der Waals surface area contributed by atoms with E-state index in [0.717, 1.165) is 68.0 Å². The zero-order valence-electron chi connectivity index (χ0n) is 24.0. The third-order valence-electron chi connectivity index (χ3n) is 8.31. The molecule has 3 heterocycles. The molecule has 1 aliphatic rings. The van der Waals surface area contributed by atoms with Crippen LogP contribution in [0.3, 0.4) is 0 Å². The molecule has 4 aromatic carbocycles. The Morgan fingerprint density at radius 1 is 0.881 bits per heavy atom. The van der Waals surface area contributed by atoms with Gasteiger partial charge in [-0.1, -0.05) is 55.8 Å². The van der Waals surface area contributed by atoms with E-state index in [1.807, 2.05) is 0 Å². The van der Waals surface area contributed by atoms with E-state index in [0.29, 0.717) is 6.61 Å². The quantitative estimate of drug-likeness (QED) is 0.182. The molecule has 0 saturated heterocycles. The van der Waals surface area contributed by atoms with Gasteiger partial charge in [0.05, 0.1) is 12.3 Å². The first-order chi connectivity index (χ1) is 20.3. The smallest absolute Gasteiger partial charge is 0.119 e. The molecule has 2 N–H and O–H groups in total. The number of hydrogen-bond acceptors (Lipinski definition) is 3. The van der Waals surface area contributed by atoms with Crippen LogP contribution in [0.15, 0.2) is 91.1 Å². The van der Waals surface area contributed by atoms with E-state index in [9.17, 15) is 0 Å². The van der Waals surface area contributed by atoms with Crippen LogP contribution in [0.2, 0.25) is 0 Å². The Kier molecular flexibility index (Phi) is 8.31. The number of nitrogens with one attached hydrogen (secondary N) is 2. The second-order valence-corrected chi connectivity index (χ2v) is 11.0. The molecule has 7 rings (SSSR count). The number of ether oxygens (including phenoxy) is 1. The lowest BCUT2D eigenvalue weighted by Crippen LogP contribution is -2.23. The van der Waals surface area contributed by atoms with Gasteiger partial charge in [-0.3, -0.25) is 0 Å². The monoisotopic (exact) mass is 576 g/mol. The Hall–Kier alpha value is -4.06. The first-order valence-corrected chi connectivity index (χ1v) is 14.9. The van der Waals surface area contributed by atoms with E-state index >= 15 is 0 Å². The number of unbranched alkanes of at least 4 members (excludes halogenated alkanes) is 1. The van der Waals surface area contributed by atoms with Crippen LogP contribution >= 0.6 is 12.4 Å². The van der Waals surface area contributed by atoms with Gasteiger partial charge in [-0.25, -0.2) is 4.98 Å². The highest BCUT2D eigenvalue weighted by molar-refractivity contribution is 6.08. The van der Waals surface area contributed by atoms with E-state index in [2.05, 4.69) is 113 Å². The molecule has 5 nitrogen and oxygen atoms in total. The van der Waals surface area contributed by atoms with Crippen LogP contribution in [0.4, 0.5) is 0 Å². The van der Waals surface area contributed by atoms with Crippen LogP contribution in [-0.4, -0.2) is 27.7 Å². The fraction of sp³-hybridized carbons (Fsp3) is 0.250. The predicted molar refractivity (Wildman–Crippen MR) is 175 cm³/mol. The molecule has 0 atom stereocenters. The minimum Gasteiger partial charge on any atom is -0.493 e. The second-order valence-electron chi connectivity index (χ2n) is 11.0. The van der Waals surface area contributed by atoms with Crippen molar-refractivity contribution in [2.45, 2.75) is 45.6 Å². The lowest BCUT2D eigenvalue weighted by Gasteiger charge is -2.18. The number of hydrogen-bond donors (Lipinski definition) is 2. The number of benzene rings is 4. The SMILES string of the molecule is CCCCc1nc(-c2ccc(OCCc3cccc4c3[nH]c3ccccc34)cc2)cn1-c1ccc2c(c1)CNCC2.Cl. The molecule has 2 aromatic heterocycles. The molecule has 0 spiro atoms. The van der Waals surface area contributed by atoms with Crippen molar-refractivity contribution in [3.8, 4) is 22.7 Å². The Morgan fingerprint density at radius 3 is 2.62 bits per heavy atom. The van der Waals surface area contributed by atoms with Crippen LogP contribution in [0.1, 0.15) is 42.3 Å². The van der Waals surface area contributed by atoms with Crippen molar-refractivity contribution >= 4 is 34.2 Å². The number of H-pyrrole nitrogens is 1. The van der Waals surface area contributed by atoms with E-state index in [1.165, 1.54) is 44.2 Å². The Labute approximate surface area is 253 Å². The van der Waals surface area contributed by atoms with E-state index < -0.39 is 0 Å². The van der Waals surface area contributed by atoms with Crippen LogP contribution in [0, 0.1) is 0 Å². The minimum atomic E-state index is 0. The molecule has 6 heteroatoms. The average Bonchev–Trinajstić information content (AvgIpc) is 3.63. The zero-order chi connectivity index (χ0) is 27.6. The van der Waals surface area contributed by atoms with Crippen molar-refractivity contribution in [1.29, 1.82) is 0 Å². The third kappa shape index (κ3) is 5.55. The number of rotatable bonds is 9. The Bertz CT molecular complexity index is 1820. The standard InChI is InChI=1S/C36H36N4O.ClH/c1-2-3-11-35-38-34(24-40(35)29-15-12-25-18-20-37-23-28(25)22-29)26-13-16-30(17-14-26)41-21-19-27-7-6-9-32-31-8-4-5-10-33(31)39-36(27)32;/h4-10,12-17,22,24,37,39H,2-3,11,18-21,23H2,1H3;1H. The number of aryl methyl sites for hydroxylation is 1. The van der Waals surface area contributed by atoms with Crippen LogP contribution in [0.25, 0.3) is 38.8 Å². The summed E-state index contributed by atoms with van der Waals surface area (Å²) >= 11 is 0. The molecule has 1 aliphatic heterocycles. The molecule has 0 amide bonds. The van der Waals surface area contributed by atoms with E-state index in [4.69, 9.17) is 9.72 Å². The first-order valence-electron chi connectivity index (χ1n) is 14.9. The molecule has 0 unspecified atom stereocenters. The van der Waals surface area contributed by atoms with Gasteiger partial charge in [-0.2, -0.15) is 0 Å². The van der Waals surface area contributed by atoms with Crippen LogP contribution in [0.5, 0.6) is 5.75 Å². The minimum absolute atomic E-state index is 0. The van der Waals surface area contributed by atoms with Gasteiger partial charge in [-0.05, 0) is 78.5 Å². The topological polar surface area (TPSA) is 54.9 Å². The van der Waals surface area contributed by atoms with Gasteiger partial charge in [0.2, 0.25) is 0 Å². The van der Waals surface area contributed by atoms with Gasteiger partial charge < -0.3 is 19.6 Å². The molecular weight excluding hydrogens is 540 g/mol. The number of fused-ring (bicyclic) bond motifs is 4. The number of nitrogens with zero attached hydrogens (tertiary/aromatic N) is 2. The molecular formula is C36H37ClN4O. The summed E-state index contributed by atoms with van der Waals surface area (Å²) in [6.07, 6.45) is 7.38. The normalized spacial score (nSPS) is 12.8. The van der Waals surface area contributed by atoms with Gasteiger partial charge in [0.15, 0.2) is 0 Å². The number of aromatic amines is 1. The maximum Gasteiger partial charge on any atom is 0.119 e. The number of halogens is 1. The Balaban J connectivity index is 0.00000316. The molecule has 0 aliphatic carbocycles. The molecule has 214 valence electrons. The van der Waals surface area contributed by atoms with Crippen molar-refractivity contribution in [3.05, 3.63) is 114 Å². The Morgan fingerprint density at radius 2 is 1.74 bits per heavy atom. The van der Waals surface area contributed by atoms with Crippen molar-refractivity contribution in [2.75, 3.05) is 13.2 Å². The van der Waals surface area contributed by atoms with Crippen molar-refractivity contribution in [1.82, 2.24) is 19.9 Å². The predicted octanol–water partition coefficient (Wildman–Crippen LogP) is 8.21. The fourth-order valence-corrected chi connectivity index (χ4v) is 6.05. The second kappa shape index (κ2) is 12.4. The van der Waals surface area contributed by atoms with Gasteiger partial charge in [0, 0.05) is 58.6 Å². The van der Waals surface area contributed by atoms with Gasteiger partial charge in [0.25, 0.3) is 0 Å². The lowest BCUT2D eigenvalue weighted by atomic mass is 10.0. The molecule has 0 saturated carbocycles. The van der Waals surface area contributed by atoms with Gasteiger partial charge >= 0.3 is 0 Å². The highest BCUT2D eigenvalue weighted by Gasteiger charge is 2.15. The molecule has 42 heavy (non-hydrogen) atoms. The number of para-hydroxylation sites is 2. The summed E-state index contributed by atoms with van der Waals surface area (Å²) in [6, 6.07) is 30.3. The maximum absolute atomic E-state index is 6.18. The van der Waals surface area contributed by atoms with Crippen LogP contribution < -0.4 is 10.1 Å². The highest BCUT2D eigenvalue weighted by Crippen LogP contribution is 2.29. The zero-order valence-corrected chi connectivity index (χ0v) is 24.8. The summed E-state index contributed by atoms with van der Waals surface area (Å²) in [5.74, 6) is 2.00. The van der Waals surface area contributed by atoms with Crippen molar-refractivity contribution < 1.29 is 4.74 Å². The molecule has 0 fully saturated rings. The number of imidazole rings is 1. The van der Waals surface area contributed by atoms with Gasteiger partial charge in [0.1, 0.15) is 11.6 Å².